The van der Waals surface area contributed by atoms with Gasteiger partial charge in [0.2, 0.25) is 10.0 Å². The van der Waals surface area contributed by atoms with Gasteiger partial charge in [-0.2, -0.15) is 4.31 Å². The molecule has 5 nitrogen and oxygen atoms in total. The van der Waals surface area contributed by atoms with E-state index in [1.54, 1.807) is 4.31 Å². The third kappa shape index (κ3) is 3.39. The highest BCUT2D eigenvalue weighted by atomic mass is 32.2. The average Bonchev–Trinajstić information content (AvgIpc) is 3.20. The monoisotopic (exact) mass is 384 g/mol. The molecule has 0 radical (unpaired) electrons. The normalized spacial score (nSPS) is 25.6. The van der Waals surface area contributed by atoms with Crippen LogP contribution in [0.1, 0.15) is 27.5 Å². The van der Waals surface area contributed by atoms with Gasteiger partial charge in [-0.15, -0.1) is 0 Å². The molecule has 142 valence electrons. The maximum atomic E-state index is 12.9. The quantitative estimate of drug-likeness (QED) is 0.818. The zero-order chi connectivity index (χ0) is 19.2. The summed E-state index contributed by atoms with van der Waals surface area (Å²) in [6.45, 7) is 3.66. The number of likely N-dealkylation sites (tertiary alicyclic amines) is 1. The highest BCUT2D eigenvalue weighted by molar-refractivity contribution is 7.88. The van der Waals surface area contributed by atoms with Crippen molar-refractivity contribution in [2.45, 2.75) is 13.0 Å². The summed E-state index contributed by atoms with van der Waals surface area (Å²) in [6, 6.07) is 17.2. The lowest BCUT2D eigenvalue weighted by atomic mass is 9.90. The lowest BCUT2D eigenvalue weighted by Crippen LogP contribution is -2.37. The Balaban J connectivity index is 1.61. The molecule has 0 aliphatic carbocycles. The minimum absolute atomic E-state index is 0.0297. The molecule has 0 bridgehead atoms. The molecule has 2 heterocycles. The topological polar surface area (TPSA) is 57.7 Å². The van der Waals surface area contributed by atoms with Gasteiger partial charge in [-0.05, 0) is 30.5 Å². The number of hydrogen-bond donors (Lipinski definition) is 0. The number of hydrogen-bond acceptors (Lipinski definition) is 3. The minimum atomic E-state index is -3.31. The Labute approximate surface area is 160 Å². The van der Waals surface area contributed by atoms with Crippen LogP contribution in [0.25, 0.3) is 0 Å². The number of carbonyl (C=O) groups is 1. The molecule has 1 amide bonds. The molecule has 4 rings (SSSR count). The van der Waals surface area contributed by atoms with Crippen LogP contribution in [0, 0.1) is 18.8 Å². The first kappa shape index (κ1) is 18.2. The van der Waals surface area contributed by atoms with Gasteiger partial charge in [0.05, 0.1) is 12.3 Å². The fraction of sp³-hybridized carbons (Fsp3) is 0.381. The average molecular weight is 385 g/mol. The predicted molar refractivity (Wildman–Crippen MR) is 105 cm³/mol. The molecule has 27 heavy (non-hydrogen) atoms. The molecule has 0 unspecified atom stereocenters. The maximum Gasteiger partial charge on any atom is 0.253 e. The lowest BCUT2D eigenvalue weighted by Gasteiger charge is -2.28. The second-order valence-corrected chi connectivity index (χ2v) is 9.62. The first-order chi connectivity index (χ1) is 12.8. The zero-order valence-electron chi connectivity index (χ0n) is 15.6. The molecule has 0 saturated carbocycles. The van der Waals surface area contributed by atoms with E-state index in [2.05, 4.69) is 0 Å². The highest BCUT2D eigenvalue weighted by Gasteiger charge is 2.51. The van der Waals surface area contributed by atoms with Crippen LogP contribution < -0.4 is 0 Å². The van der Waals surface area contributed by atoms with Gasteiger partial charge in [0.15, 0.2) is 0 Å². The van der Waals surface area contributed by atoms with Gasteiger partial charge in [0.1, 0.15) is 0 Å². The summed E-state index contributed by atoms with van der Waals surface area (Å²) in [6.07, 6.45) is 1.28. The third-order valence-electron chi connectivity index (χ3n) is 5.77. The Morgan fingerprint density at radius 1 is 0.963 bits per heavy atom. The second kappa shape index (κ2) is 6.77. The number of aryl methyl sites for hydroxylation is 1. The SMILES string of the molecule is Cc1ccc(C(=O)N2C[C@@H]3CN(S(C)(=O)=O)[C@@H](c4ccccc4)[C@@H]3C2)cc1. The molecule has 3 atom stereocenters. The molecular weight excluding hydrogens is 360 g/mol. The summed E-state index contributed by atoms with van der Waals surface area (Å²) in [5, 5.41) is 0. The third-order valence-corrected chi connectivity index (χ3v) is 7.00. The summed E-state index contributed by atoms with van der Waals surface area (Å²) < 4.78 is 26.3. The molecule has 2 fully saturated rings. The van der Waals surface area contributed by atoms with E-state index in [1.807, 2.05) is 66.4 Å². The number of amides is 1. The van der Waals surface area contributed by atoms with Gasteiger partial charge in [-0.1, -0.05) is 48.0 Å². The second-order valence-electron chi connectivity index (χ2n) is 7.69. The molecule has 2 saturated heterocycles. The number of sulfonamides is 1. The minimum Gasteiger partial charge on any atom is -0.338 e. The molecule has 0 N–H and O–H groups in total. The molecule has 2 aliphatic rings. The number of benzene rings is 2. The van der Waals surface area contributed by atoms with Crippen molar-refractivity contribution < 1.29 is 13.2 Å². The van der Waals surface area contributed by atoms with E-state index in [0.717, 1.165) is 11.1 Å². The van der Waals surface area contributed by atoms with Crippen molar-refractivity contribution in [3.63, 3.8) is 0 Å². The van der Waals surface area contributed by atoms with Crippen LogP contribution in [0.15, 0.2) is 54.6 Å². The fourth-order valence-corrected chi connectivity index (χ4v) is 5.61. The van der Waals surface area contributed by atoms with Crippen molar-refractivity contribution >= 4 is 15.9 Å². The summed E-state index contributed by atoms with van der Waals surface area (Å²) >= 11 is 0. The van der Waals surface area contributed by atoms with Crippen LogP contribution in [0.5, 0.6) is 0 Å². The van der Waals surface area contributed by atoms with E-state index in [1.165, 1.54) is 6.26 Å². The molecule has 0 aromatic heterocycles. The smallest absolute Gasteiger partial charge is 0.253 e. The van der Waals surface area contributed by atoms with Crippen LogP contribution in [-0.2, 0) is 10.0 Å². The Hall–Kier alpha value is -2.18. The number of nitrogens with zero attached hydrogens (tertiary/aromatic N) is 2. The van der Waals surface area contributed by atoms with Crippen molar-refractivity contribution in [2.75, 3.05) is 25.9 Å². The van der Waals surface area contributed by atoms with Crippen LogP contribution in [-0.4, -0.2) is 49.4 Å². The van der Waals surface area contributed by atoms with Crippen molar-refractivity contribution in [1.29, 1.82) is 0 Å². The van der Waals surface area contributed by atoms with Gasteiger partial charge in [-0.3, -0.25) is 4.79 Å². The first-order valence-corrected chi connectivity index (χ1v) is 11.1. The van der Waals surface area contributed by atoms with Crippen molar-refractivity contribution in [3.8, 4) is 0 Å². The summed E-state index contributed by atoms with van der Waals surface area (Å²) in [4.78, 5) is 14.8. The molecule has 2 aromatic carbocycles. The number of fused-ring (bicyclic) bond motifs is 1. The van der Waals surface area contributed by atoms with E-state index < -0.39 is 10.0 Å². The van der Waals surface area contributed by atoms with Crippen molar-refractivity contribution in [3.05, 3.63) is 71.3 Å². The zero-order valence-corrected chi connectivity index (χ0v) is 16.4. The highest BCUT2D eigenvalue weighted by Crippen LogP contribution is 2.46. The fourth-order valence-electron chi connectivity index (χ4n) is 4.46. The van der Waals surface area contributed by atoms with Crippen molar-refractivity contribution in [2.24, 2.45) is 11.8 Å². The van der Waals surface area contributed by atoms with Crippen LogP contribution >= 0.6 is 0 Å². The molecule has 0 spiro atoms. The first-order valence-electron chi connectivity index (χ1n) is 9.22. The van der Waals surface area contributed by atoms with E-state index in [0.29, 0.717) is 25.2 Å². The van der Waals surface area contributed by atoms with Gasteiger partial charge < -0.3 is 4.90 Å². The molecule has 2 aromatic rings. The summed E-state index contributed by atoms with van der Waals surface area (Å²) in [5.74, 6) is 0.318. The van der Waals surface area contributed by atoms with Crippen LogP contribution in [0.4, 0.5) is 0 Å². The van der Waals surface area contributed by atoms with Crippen molar-refractivity contribution in [1.82, 2.24) is 9.21 Å². The Bertz CT molecular complexity index is 941. The predicted octanol–water partition coefficient (Wildman–Crippen LogP) is 2.70. The molecule has 2 aliphatic heterocycles. The summed E-state index contributed by atoms with van der Waals surface area (Å²) in [7, 11) is -3.31. The largest absolute Gasteiger partial charge is 0.338 e. The number of rotatable bonds is 3. The Morgan fingerprint density at radius 2 is 1.63 bits per heavy atom. The van der Waals surface area contributed by atoms with Crippen LogP contribution in [0.2, 0.25) is 0 Å². The Morgan fingerprint density at radius 3 is 2.26 bits per heavy atom. The number of carbonyl (C=O) groups excluding carboxylic acids is 1. The van der Waals surface area contributed by atoms with Gasteiger partial charge in [0, 0.05) is 31.1 Å². The summed E-state index contributed by atoms with van der Waals surface area (Å²) in [5.41, 5.74) is 2.81. The maximum absolute atomic E-state index is 12.9. The van der Waals surface area contributed by atoms with E-state index in [9.17, 15) is 13.2 Å². The molecule has 6 heteroatoms. The van der Waals surface area contributed by atoms with E-state index in [4.69, 9.17) is 0 Å². The Kier molecular flexibility index (Phi) is 4.56. The van der Waals surface area contributed by atoms with E-state index in [-0.39, 0.29) is 23.8 Å². The van der Waals surface area contributed by atoms with Gasteiger partial charge >= 0.3 is 0 Å². The lowest BCUT2D eigenvalue weighted by molar-refractivity contribution is 0.0774. The van der Waals surface area contributed by atoms with E-state index >= 15 is 0 Å². The van der Waals surface area contributed by atoms with Gasteiger partial charge in [-0.25, -0.2) is 8.42 Å². The van der Waals surface area contributed by atoms with Gasteiger partial charge in [0.25, 0.3) is 5.91 Å². The standard InChI is InChI=1S/C21H24N2O3S/c1-15-8-10-17(11-9-15)21(24)22-12-18-13-23(27(2,25)26)20(19(18)14-22)16-6-4-3-5-7-16/h3-11,18-20H,12-14H2,1-2H3/t18-,19-,20+/m1/s1. The molecular formula is C21H24N2O3S. The van der Waals surface area contributed by atoms with Crippen LogP contribution in [0.3, 0.4) is 0 Å².